The molecule has 1 aromatic carbocycles. The highest BCUT2D eigenvalue weighted by Crippen LogP contribution is 2.32. The zero-order valence-electron chi connectivity index (χ0n) is 15.0. The minimum absolute atomic E-state index is 0.187. The van der Waals surface area contributed by atoms with E-state index in [-0.39, 0.29) is 16.7 Å². The van der Waals surface area contributed by atoms with Gasteiger partial charge in [-0.25, -0.2) is 17.8 Å². The Morgan fingerprint density at radius 1 is 1.30 bits per heavy atom. The Labute approximate surface area is 171 Å². The van der Waals surface area contributed by atoms with E-state index in [1.54, 1.807) is 11.6 Å². The zero-order valence-corrected chi connectivity index (χ0v) is 18.3. The second kappa shape index (κ2) is 8.98. The fourth-order valence-electron chi connectivity index (χ4n) is 3.45. The van der Waals surface area contributed by atoms with Crippen molar-refractivity contribution in [1.82, 2.24) is 10.3 Å². The van der Waals surface area contributed by atoms with E-state index in [9.17, 15) is 12.8 Å². The predicted octanol–water partition coefficient (Wildman–Crippen LogP) is 4.35. The van der Waals surface area contributed by atoms with Crippen LogP contribution in [0.3, 0.4) is 0 Å². The molecule has 2 aromatic rings. The van der Waals surface area contributed by atoms with Gasteiger partial charge in [0.25, 0.3) is 0 Å². The molecule has 0 aliphatic heterocycles. The number of hydrogen-bond acceptors (Lipinski definition) is 6. The van der Waals surface area contributed by atoms with E-state index in [2.05, 4.69) is 38.5 Å². The normalized spacial score (nSPS) is 20.6. The molecule has 1 aliphatic rings. The van der Waals surface area contributed by atoms with Gasteiger partial charge < -0.3 is 10.6 Å². The van der Waals surface area contributed by atoms with Crippen molar-refractivity contribution in [2.45, 2.75) is 55.3 Å². The third-order valence-corrected chi connectivity index (χ3v) is 7.98. The summed E-state index contributed by atoms with van der Waals surface area (Å²) in [7, 11) is -3.80. The van der Waals surface area contributed by atoms with Gasteiger partial charge in [0.15, 0.2) is 9.84 Å². The summed E-state index contributed by atoms with van der Waals surface area (Å²) in [5.41, 5.74) is 0.579. The van der Waals surface area contributed by atoms with Crippen LogP contribution in [0.25, 0.3) is 0 Å². The van der Waals surface area contributed by atoms with Crippen LogP contribution < -0.4 is 10.6 Å². The van der Waals surface area contributed by atoms with Gasteiger partial charge in [-0.2, -0.15) is 0 Å². The first-order chi connectivity index (χ1) is 12.9. The SMILES string of the molecule is CCN[C@H]1CCCC[C@@H]1Nc1cc(F)c(S(=O)(=O)Cc2nccs2)cc1Br. The van der Waals surface area contributed by atoms with Crippen molar-refractivity contribution in [3.05, 3.63) is 39.0 Å². The summed E-state index contributed by atoms with van der Waals surface area (Å²) in [5.74, 6) is -1.04. The van der Waals surface area contributed by atoms with Gasteiger partial charge in [-0.15, -0.1) is 11.3 Å². The Hall–Kier alpha value is -1.03. The maximum absolute atomic E-state index is 14.7. The standard InChI is InChI=1S/C18H23BrFN3O2S2/c1-2-21-14-5-3-4-6-15(14)23-16-10-13(20)17(9-12(16)19)27(24,25)11-18-22-7-8-26-18/h7-10,14-15,21,23H,2-6,11H2,1H3/t14-,15-/m0/s1. The van der Waals surface area contributed by atoms with Crippen LogP contribution in [0.1, 0.15) is 37.6 Å². The van der Waals surface area contributed by atoms with Gasteiger partial charge in [-0.1, -0.05) is 19.8 Å². The summed E-state index contributed by atoms with van der Waals surface area (Å²) in [6, 6.07) is 3.14. The van der Waals surface area contributed by atoms with Crippen LogP contribution in [0.5, 0.6) is 0 Å². The minimum atomic E-state index is -3.80. The average molecular weight is 476 g/mol. The molecule has 0 unspecified atom stereocenters. The number of rotatable bonds is 7. The molecule has 27 heavy (non-hydrogen) atoms. The highest BCUT2D eigenvalue weighted by molar-refractivity contribution is 9.10. The topological polar surface area (TPSA) is 71.1 Å². The number of nitrogens with zero attached hydrogens (tertiary/aromatic N) is 1. The Bertz CT molecular complexity index is 873. The summed E-state index contributed by atoms with van der Waals surface area (Å²) >= 11 is 4.65. The van der Waals surface area contributed by atoms with Crippen LogP contribution in [-0.2, 0) is 15.6 Å². The third kappa shape index (κ3) is 5.07. The molecular formula is C18H23BrFN3O2S2. The molecule has 2 atom stereocenters. The largest absolute Gasteiger partial charge is 0.380 e. The Morgan fingerprint density at radius 3 is 2.70 bits per heavy atom. The number of likely N-dealkylation sites (N-methyl/N-ethyl adjacent to an activating group) is 1. The molecule has 5 nitrogen and oxygen atoms in total. The van der Waals surface area contributed by atoms with E-state index in [1.807, 2.05) is 0 Å². The highest BCUT2D eigenvalue weighted by Gasteiger charge is 2.27. The Kier molecular flexibility index (Phi) is 6.88. The number of anilines is 1. The Balaban J connectivity index is 1.82. The van der Waals surface area contributed by atoms with Gasteiger partial charge in [0.2, 0.25) is 0 Å². The lowest BCUT2D eigenvalue weighted by Crippen LogP contribution is -2.46. The van der Waals surface area contributed by atoms with E-state index < -0.39 is 15.7 Å². The summed E-state index contributed by atoms with van der Waals surface area (Å²) in [5, 5.41) is 9.02. The fourth-order valence-corrected chi connectivity index (χ4v) is 6.41. The van der Waals surface area contributed by atoms with Crippen LogP contribution in [0.15, 0.2) is 33.1 Å². The summed E-state index contributed by atoms with van der Waals surface area (Å²) in [4.78, 5) is 3.68. The van der Waals surface area contributed by atoms with Crippen LogP contribution in [0.4, 0.5) is 10.1 Å². The van der Waals surface area contributed by atoms with Crippen molar-refractivity contribution in [3.63, 3.8) is 0 Å². The quantitative estimate of drug-likeness (QED) is 0.622. The van der Waals surface area contributed by atoms with Gasteiger partial charge in [-0.05, 0) is 47.4 Å². The van der Waals surface area contributed by atoms with Crippen molar-refractivity contribution in [3.8, 4) is 0 Å². The molecule has 9 heteroatoms. The summed E-state index contributed by atoms with van der Waals surface area (Å²) < 4.78 is 40.4. The van der Waals surface area contributed by atoms with Crippen LogP contribution >= 0.6 is 27.3 Å². The molecule has 1 heterocycles. The van der Waals surface area contributed by atoms with E-state index in [4.69, 9.17) is 0 Å². The van der Waals surface area contributed by atoms with Crippen molar-refractivity contribution in [1.29, 1.82) is 0 Å². The molecule has 3 rings (SSSR count). The second-order valence-corrected chi connectivity index (χ2v) is 10.4. The number of aromatic nitrogens is 1. The lowest BCUT2D eigenvalue weighted by Gasteiger charge is -2.33. The smallest absolute Gasteiger partial charge is 0.187 e. The average Bonchev–Trinajstić information content (AvgIpc) is 3.12. The van der Waals surface area contributed by atoms with Crippen molar-refractivity contribution < 1.29 is 12.8 Å². The molecule has 0 spiro atoms. The molecule has 148 valence electrons. The molecule has 2 N–H and O–H groups in total. The van der Waals surface area contributed by atoms with Crippen LogP contribution in [0, 0.1) is 5.82 Å². The number of thiazole rings is 1. The predicted molar refractivity (Wildman–Crippen MR) is 110 cm³/mol. The van der Waals surface area contributed by atoms with Crippen molar-refractivity contribution >= 4 is 42.8 Å². The summed E-state index contributed by atoms with van der Waals surface area (Å²) in [6.45, 7) is 2.95. The third-order valence-electron chi connectivity index (χ3n) is 4.73. The number of benzene rings is 1. The molecule has 1 aliphatic carbocycles. The first-order valence-electron chi connectivity index (χ1n) is 9.01. The van der Waals surface area contributed by atoms with E-state index in [0.717, 1.165) is 25.8 Å². The monoisotopic (exact) mass is 475 g/mol. The zero-order chi connectivity index (χ0) is 19.4. The number of halogens is 2. The number of hydrogen-bond donors (Lipinski definition) is 2. The van der Waals surface area contributed by atoms with Crippen LogP contribution in [0.2, 0.25) is 0 Å². The first kappa shape index (κ1) is 20.7. The second-order valence-electron chi connectivity index (χ2n) is 6.65. The minimum Gasteiger partial charge on any atom is -0.380 e. The molecule has 0 bridgehead atoms. The highest BCUT2D eigenvalue weighted by atomic mass is 79.9. The Morgan fingerprint density at radius 2 is 2.04 bits per heavy atom. The maximum atomic E-state index is 14.7. The molecule has 0 radical (unpaired) electrons. The molecule has 1 saturated carbocycles. The van der Waals surface area contributed by atoms with E-state index in [1.165, 1.54) is 29.9 Å². The van der Waals surface area contributed by atoms with Crippen molar-refractivity contribution in [2.75, 3.05) is 11.9 Å². The summed E-state index contributed by atoms with van der Waals surface area (Å²) in [6.07, 6.45) is 5.92. The first-order valence-corrected chi connectivity index (χ1v) is 12.3. The number of sulfone groups is 1. The lowest BCUT2D eigenvalue weighted by atomic mass is 9.90. The van der Waals surface area contributed by atoms with Gasteiger partial charge >= 0.3 is 0 Å². The molecule has 1 fully saturated rings. The van der Waals surface area contributed by atoms with Crippen LogP contribution in [-0.4, -0.2) is 32.0 Å². The van der Waals surface area contributed by atoms with Gasteiger partial charge in [0.1, 0.15) is 21.5 Å². The molecular weight excluding hydrogens is 453 g/mol. The molecule has 0 amide bonds. The maximum Gasteiger partial charge on any atom is 0.187 e. The fraction of sp³-hybridized carbons (Fsp3) is 0.500. The van der Waals surface area contributed by atoms with E-state index in [0.29, 0.717) is 21.2 Å². The lowest BCUT2D eigenvalue weighted by molar-refractivity contribution is 0.349. The van der Waals surface area contributed by atoms with Gasteiger partial charge in [0.05, 0.1) is 5.69 Å². The molecule has 1 aromatic heterocycles. The molecule has 0 saturated heterocycles. The number of nitrogens with one attached hydrogen (secondary N) is 2. The van der Waals surface area contributed by atoms with Gasteiger partial charge in [0, 0.05) is 28.1 Å². The van der Waals surface area contributed by atoms with Gasteiger partial charge in [-0.3, -0.25) is 0 Å². The van der Waals surface area contributed by atoms with E-state index >= 15 is 0 Å². The van der Waals surface area contributed by atoms with Crippen molar-refractivity contribution in [2.24, 2.45) is 0 Å².